The molecule has 23 heavy (non-hydrogen) atoms. The Hall–Kier alpha value is -1.93. The predicted molar refractivity (Wildman–Crippen MR) is 81.0 cm³/mol. The minimum atomic E-state index is -0.370. The van der Waals surface area contributed by atoms with E-state index in [0.29, 0.717) is 42.3 Å². The van der Waals surface area contributed by atoms with Crippen LogP contribution in [-0.4, -0.2) is 50.5 Å². The number of hydrogen-bond donors (Lipinski definition) is 0. The summed E-state index contributed by atoms with van der Waals surface area (Å²) in [5, 5.41) is 12.7. The van der Waals surface area contributed by atoms with Gasteiger partial charge >= 0.3 is 0 Å². The van der Waals surface area contributed by atoms with Gasteiger partial charge in [-0.3, -0.25) is 9.48 Å². The van der Waals surface area contributed by atoms with Crippen LogP contribution in [0.5, 0.6) is 0 Å². The van der Waals surface area contributed by atoms with Crippen molar-refractivity contribution in [2.24, 2.45) is 0 Å². The number of morpholine rings is 1. The number of aryl methyl sites for hydroxylation is 2. The first-order valence-corrected chi connectivity index (χ1v) is 7.72. The summed E-state index contributed by atoms with van der Waals surface area (Å²) in [5.41, 5.74) is 1.49. The summed E-state index contributed by atoms with van der Waals surface area (Å²) >= 11 is 6.13. The van der Waals surface area contributed by atoms with Crippen LogP contribution in [0.1, 0.15) is 29.2 Å². The van der Waals surface area contributed by atoms with Crippen molar-refractivity contribution >= 4 is 17.5 Å². The quantitative estimate of drug-likeness (QED) is 0.841. The Bertz CT molecular complexity index is 726. The van der Waals surface area contributed by atoms with Crippen molar-refractivity contribution < 1.29 is 13.9 Å². The van der Waals surface area contributed by atoms with Gasteiger partial charge in [0.1, 0.15) is 12.6 Å². The Balaban J connectivity index is 1.80. The second kappa shape index (κ2) is 6.29. The fourth-order valence-electron chi connectivity index (χ4n) is 2.60. The van der Waals surface area contributed by atoms with Crippen LogP contribution >= 0.6 is 11.6 Å². The molecule has 1 atom stereocenters. The first-order chi connectivity index (χ1) is 11.0. The summed E-state index contributed by atoms with van der Waals surface area (Å²) in [6.45, 7) is 6.77. The van der Waals surface area contributed by atoms with Crippen molar-refractivity contribution in [2.45, 2.75) is 33.4 Å². The summed E-state index contributed by atoms with van der Waals surface area (Å²) in [6, 6.07) is -0.370. The lowest BCUT2D eigenvalue weighted by Crippen LogP contribution is -2.45. The molecule has 0 saturated carbocycles. The Kier molecular flexibility index (Phi) is 4.36. The third kappa shape index (κ3) is 3.09. The zero-order valence-electron chi connectivity index (χ0n) is 13.2. The largest absolute Gasteiger partial charge is 0.423 e. The molecule has 0 aromatic carbocycles. The zero-order chi connectivity index (χ0) is 16.6. The van der Waals surface area contributed by atoms with Gasteiger partial charge in [0.2, 0.25) is 17.7 Å². The molecule has 8 nitrogen and oxygen atoms in total. The molecule has 3 rings (SSSR count). The molecule has 1 fully saturated rings. The molecule has 0 radical (unpaired) electrons. The van der Waals surface area contributed by atoms with E-state index in [9.17, 15) is 4.79 Å². The highest BCUT2D eigenvalue weighted by atomic mass is 35.5. The van der Waals surface area contributed by atoms with E-state index in [-0.39, 0.29) is 18.5 Å². The number of amides is 1. The number of aromatic nitrogens is 4. The summed E-state index contributed by atoms with van der Waals surface area (Å²) in [7, 11) is 0. The fraction of sp³-hybridized carbons (Fsp3) is 0.571. The Morgan fingerprint density at radius 3 is 2.74 bits per heavy atom. The molecule has 2 aromatic rings. The number of hydrogen-bond acceptors (Lipinski definition) is 6. The first-order valence-electron chi connectivity index (χ1n) is 7.34. The monoisotopic (exact) mass is 339 g/mol. The summed E-state index contributed by atoms with van der Waals surface area (Å²) in [5.74, 6) is 0.765. The molecule has 3 heterocycles. The van der Waals surface area contributed by atoms with Crippen LogP contribution < -0.4 is 0 Å². The van der Waals surface area contributed by atoms with Gasteiger partial charge in [-0.1, -0.05) is 11.6 Å². The van der Waals surface area contributed by atoms with Crippen LogP contribution in [0.3, 0.4) is 0 Å². The SMILES string of the molecule is Cc1nnc([C@H]2COCCN2C(=O)Cn2nc(C)c(Cl)c2C)o1. The van der Waals surface area contributed by atoms with Crippen molar-refractivity contribution in [1.29, 1.82) is 0 Å². The van der Waals surface area contributed by atoms with E-state index in [2.05, 4.69) is 15.3 Å². The van der Waals surface area contributed by atoms with E-state index in [0.717, 1.165) is 5.69 Å². The highest BCUT2D eigenvalue weighted by molar-refractivity contribution is 6.31. The van der Waals surface area contributed by atoms with Crippen molar-refractivity contribution in [1.82, 2.24) is 24.9 Å². The first kappa shape index (κ1) is 15.9. The molecule has 0 spiro atoms. The maximum Gasteiger partial charge on any atom is 0.245 e. The predicted octanol–water partition coefficient (Wildman–Crippen LogP) is 1.44. The number of carbonyl (C=O) groups excluding carboxylic acids is 1. The van der Waals surface area contributed by atoms with Gasteiger partial charge in [0, 0.05) is 13.5 Å². The topological polar surface area (TPSA) is 86.3 Å². The van der Waals surface area contributed by atoms with E-state index >= 15 is 0 Å². The number of rotatable bonds is 3. The highest BCUT2D eigenvalue weighted by Gasteiger charge is 2.32. The van der Waals surface area contributed by atoms with Gasteiger partial charge in [0.05, 0.1) is 29.6 Å². The molecule has 0 N–H and O–H groups in total. The molecule has 1 saturated heterocycles. The van der Waals surface area contributed by atoms with Crippen LogP contribution in [0, 0.1) is 20.8 Å². The number of nitrogens with zero attached hydrogens (tertiary/aromatic N) is 5. The lowest BCUT2D eigenvalue weighted by atomic mass is 10.2. The van der Waals surface area contributed by atoms with E-state index in [4.69, 9.17) is 20.8 Å². The lowest BCUT2D eigenvalue weighted by Gasteiger charge is -2.33. The van der Waals surface area contributed by atoms with Gasteiger partial charge in [-0.05, 0) is 13.8 Å². The second-order valence-electron chi connectivity index (χ2n) is 5.48. The van der Waals surface area contributed by atoms with Gasteiger partial charge in [-0.2, -0.15) is 5.10 Å². The summed E-state index contributed by atoms with van der Waals surface area (Å²) in [4.78, 5) is 14.4. The Labute approximate surface area is 138 Å². The van der Waals surface area contributed by atoms with Crippen molar-refractivity contribution in [2.75, 3.05) is 19.8 Å². The molecule has 1 amide bonds. The van der Waals surface area contributed by atoms with Crippen LogP contribution in [0.4, 0.5) is 0 Å². The molecule has 0 unspecified atom stereocenters. The average Bonchev–Trinajstić information content (AvgIpc) is 3.07. The zero-order valence-corrected chi connectivity index (χ0v) is 14.0. The van der Waals surface area contributed by atoms with E-state index in [1.807, 2.05) is 13.8 Å². The smallest absolute Gasteiger partial charge is 0.245 e. The van der Waals surface area contributed by atoms with Crippen molar-refractivity contribution in [3.05, 3.63) is 28.2 Å². The van der Waals surface area contributed by atoms with Gasteiger partial charge in [0.25, 0.3) is 0 Å². The molecule has 2 aromatic heterocycles. The Morgan fingerprint density at radius 1 is 1.35 bits per heavy atom. The van der Waals surface area contributed by atoms with Crippen molar-refractivity contribution in [3.8, 4) is 0 Å². The molecular formula is C14H18ClN5O3. The minimum absolute atomic E-state index is 0.0866. The van der Waals surface area contributed by atoms with Gasteiger partial charge < -0.3 is 14.1 Å². The molecule has 0 aliphatic carbocycles. The van der Waals surface area contributed by atoms with Crippen LogP contribution in [0.15, 0.2) is 4.42 Å². The van der Waals surface area contributed by atoms with Crippen LogP contribution in [0.25, 0.3) is 0 Å². The number of carbonyl (C=O) groups is 1. The maximum atomic E-state index is 12.7. The molecule has 1 aliphatic heterocycles. The van der Waals surface area contributed by atoms with E-state index < -0.39 is 0 Å². The van der Waals surface area contributed by atoms with E-state index in [1.165, 1.54) is 0 Å². The molecule has 0 bridgehead atoms. The third-order valence-corrected chi connectivity index (χ3v) is 4.40. The van der Waals surface area contributed by atoms with Gasteiger partial charge in [0.15, 0.2) is 0 Å². The molecule has 1 aliphatic rings. The van der Waals surface area contributed by atoms with E-state index in [1.54, 1.807) is 16.5 Å². The molecular weight excluding hydrogens is 322 g/mol. The summed E-state index contributed by atoms with van der Waals surface area (Å²) in [6.07, 6.45) is 0. The van der Waals surface area contributed by atoms with Crippen LogP contribution in [0.2, 0.25) is 5.02 Å². The number of ether oxygens (including phenoxy) is 1. The summed E-state index contributed by atoms with van der Waals surface area (Å²) < 4.78 is 12.5. The molecule has 9 heteroatoms. The highest BCUT2D eigenvalue weighted by Crippen LogP contribution is 2.24. The lowest BCUT2D eigenvalue weighted by molar-refractivity contribution is -0.142. The van der Waals surface area contributed by atoms with Crippen molar-refractivity contribution in [3.63, 3.8) is 0 Å². The fourth-order valence-corrected chi connectivity index (χ4v) is 2.74. The maximum absolute atomic E-state index is 12.7. The minimum Gasteiger partial charge on any atom is -0.423 e. The number of halogens is 1. The van der Waals surface area contributed by atoms with Gasteiger partial charge in [-0.15, -0.1) is 10.2 Å². The average molecular weight is 340 g/mol. The van der Waals surface area contributed by atoms with Gasteiger partial charge in [-0.25, -0.2) is 0 Å². The molecule has 124 valence electrons. The second-order valence-corrected chi connectivity index (χ2v) is 5.86. The normalized spacial score (nSPS) is 18.4. The van der Waals surface area contributed by atoms with Crippen LogP contribution in [-0.2, 0) is 16.1 Å². The standard InChI is InChI=1S/C14H18ClN5O3/c1-8-13(15)9(2)20(18-8)6-12(21)19-4-5-22-7-11(19)14-17-16-10(3)23-14/h11H,4-7H2,1-3H3/t11-/m1/s1. The third-order valence-electron chi connectivity index (χ3n) is 3.85. The Morgan fingerprint density at radius 2 is 2.13 bits per heavy atom.